The molecule has 1 aromatic heterocycles. The lowest BCUT2D eigenvalue weighted by atomic mass is 9.96. The van der Waals surface area contributed by atoms with Gasteiger partial charge >= 0.3 is 5.97 Å². The van der Waals surface area contributed by atoms with Crippen molar-refractivity contribution in [3.8, 4) is 5.75 Å². The third kappa shape index (κ3) is 3.71. The number of hydrogen-bond donors (Lipinski definition) is 2. The Morgan fingerprint density at radius 3 is 2.58 bits per heavy atom. The van der Waals surface area contributed by atoms with E-state index in [1.807, 2.05) is 24.3 Å². The molecule has 1 aromatic carbocycles. The van der Waals surface area contributed by atoms with Gasteiger partial charge in [-0.3, -0.25) is 4.79 Å². The second-order valence-electron chi connectivity index (χ2n) is 5.67. The van der Waals surface area contributed by atoms with E-state index in [9.17, 15) is 9.59 Å². The van der Waals surface area contributed by atoms with E-state index < -0.39 is 11.9 Å². The van der Waals surface area contributed by atoms with Crippen LogP contribution in [0.15, 0.2) is 42.5 Å². The second-order valence-corrected chi connectivity index (χ2v) is 5.67. The van der Waals surface area contributed by atoms with Gasteiger partial charge < -0.3 is 15.2 Å². The third-order valence-corrected chi connectivity index (χ3v) is 3.96. The van der Waals surface area contributed by atoms with Crippen LogP contribution in [-0.4, -0.2) is 28.1 Å². The van der Waals surface area contributed by atoms with E-state index in [2.05, 4.69) is 10.3 Å². The van der Waals surface area contributed by atoms with E-state index in [-0.39, 0.29) is 17.5 Å². The van der Waals surface area contributed by atoms with Crippen molar-refractivity contribution in [3.05, 3.63) is 59.4 Å². The van der Waals surface area contributed by atoms with Crippen LogP contribution in [0.2, 0.25) is 0 Å². The van der Waals surface area contributed by atoms with E-state index in [4.69, 9.17) is 9.84 Å². The van der Waals surface area contributed by atoms with Gasteiger partial charge in [-0.05, 0) is 37.5 Å². The number of carbonyl (C=O) groups excluding carboxylic acids is 1. The highest BCUT2D eigenvalue weighted by Gasteiger charge is 2.20. The first-order chi connectivity index (χ1) is 11.6. The molecule has 2 aromatic rings. The monoisotopic (exact) mass is 326 g/mol. The molecular formula is C18H18N2O4. The Balaban J connectivity index is 1.66. The van der Waals surface area contributed by atoms with Crippen molar-refractivity contribution in [1.29, 1.82) is 0 Å². The standard InChI is InChI=1S/C18H18N2O4/c21-17(14-8-4-9-15(20-14)18(22)23)19-11-12-5-1-2-10-16(12)24-13-6-3-7-13/h1-2,4-5,8-10,13H,3,6-7,11H2,(H,19,21)(H,22,23). The predicted octanol–water partition coefficient (Wildman–Crippen LogP) is 2.64. The molecule has 2 N–H and O–H groups in total. The predicted molar refractivity (Wildman–Crippen MR) is 87.1 cm³/mol. The average Bonchev–Trinajstić information content (AvgIpc) is 2.57. The minimum atomic E-state index is -1.16. The van der Waals surface area contributed by atoms with Gasteiger partial charge in [-0.1, -0.05) is 24.3 Å². The first-order valence-corrected chi connectivity index (χ1v) is 7.86. The van der Waals surface area contributed by atoms with Crippen molar-refractivity contribution in [3.63, 3.8) is 0 Å². The van der Waals surface area contributed by atoms with Gasteiger partial charge in [0, 0.05) is 12.1 Å². The van der Waals surface area contributed by atoms with Gasteiger partial charge in [-0.25, -0.2) is 9.78 Å². The molecule has 0 atom stereocenters. The second kappa shape index (κ2) is 7.12. The molecule has 0 radical (unpaired) electrons. The molecule has 1 aliphatic rings. The zero-order valence-corrected chi connectivity index (χ0v) is 13.1. The number of carboxylic acids is 1. The van der Waals surface area contributed by atoms with Crippen LogP contribution in [0.3, 0.4) is 0 Å². The molecule has 1 heterocycles. The van der Waals surface area contributed by atoms with Gasteiger partial charge in [-0.2, -0.15) is 0 Å². The molecule has 0 spiro atoms. The Morgan fingerprint density at radius 2 is 1.88 bits per heavy atom. The number of aromatic nitrogens is 1. The Bertz CT molecular complexity index is 756. The minimum Gasteiger partial charge on any atom is -0.490 e. The van der Waals surface area contributed by atoms with Gasteiger partial charge in [0.2, 0.25) is 0 Å². The van der Waals surface area contributed by atoms with Gasteiger partial charge in [0.05, 0.1) is 6.10 Å². The number of hydrogen-bond acceptors (Lipinski definition) is 4. The molecule has 1 amide bonds. The first kappa shape index (κ1) is 16.0. The van der Waals surface area contributed by atoms with Crippen molar-refractivity contribution in [2.45, 2.75) is 31.9 Å². The summed E-state index contributed by atoms with van der Waals surface area (Å²) in [6, 6.07) is 11.9. The van der Waals surface area contributed by atoms with Crippen LogP contribution < -0.4 is 10.1 Å². The normalized spacial score (nSPS) is 13.8. The van der Waals surface area contributed by atoms with Crippen molar-refractivity contribution < 1.29 is 19.4 Å². The number of para-hydroxylation sites is 1. The summed E-state index contributed by atoms with van der Waals surface area (Å²) in [5.41, 5.74) is 0.802. The number of amides is 1. The molecule has 0 saturated heterocycles. The van der Waals surface area contributed by atoms with Crippen LogP contribution in [0, 0.1) is 0 Å². The van der Waals surface area contributed by atoms with Crippen LogP contribution in [0.4, 0.5) is 0 Å². The number of carboxylic acid groups (broad SMARTS) is 1. The molecule has 6 nitrogen and oxygen atoms in total. The maximum Gasteiger partial charge on any atom is 0.354 e. The van der Waals surface area contributed by atoms with Gasteiger partial charge in [0.15, 0.2) is 0 Å². The highest BCUT2D eigenvalue weighted by atomic mass is 16.5. The van der Waals surface area contributed by atoms with Gasteiger partial charge in [0.25, 0.3) is 5.91 Å². The SMILES string of the molecule is O=C(O)c1cccc(C(=O)NCc2ccccc2OC2CCC2)n1. The molecule has 0 aliphatic heterocycles. The Labute approximate surface area is 139 Å². The van der Waals surface area contributed by atoms with Gasteiger partial charge in [0.1, 0.15) is 17.1 Å². The molecule has 124 valence electrons. The molecule has 1 saturated carbocycles. The van der Waals surface area contributed by atoms with Gasteiger partial charge in [-0.15, -0.1) is 0 Å². The Kier molecular flexibility index (Phi) is 4.74. The highest BCUT2D eigenvalue weighted by Crippen LogP contribution is 2.27. The van der Waals surface area contributed by atoms with Crippen LogP contribution in [0.25, 0.3) is 0 Å². The van der Waals surface area contributed by atoms with Crippen LogP contribution in [0.1, 0.15) is 45.8 Å². The van der Waals surface area contributed by atoms with Crippen LogP contribution in [0.5, 0.6) is 5.75 Å². The lowest BCUT2D eigenvalue weighted by molar-refractivity contribution is 0.0690. The lowest BCUT2D eigenvalue weighted by Gasteiger charge is -2.27. The summed E-state index contributed by atoms with van der Waals surface area (Å²) < 4.78 is 5.93. The topological polar surface area (TPSA) is 88.5 Å². The number of nitrogens with one attached hydrogen (secondary N) is 1. The van der Waals surface area contributed by atoms with E-state index in [0.717, 1.165) is 24.2 Å². The number of rotatable bonds is 6. The summed E-state index contributed by atoms with van der Waals surface area (Å²) in [5.74, 6) is -0.810. The average molecular weight is 326 g/mol. The number of aromatic carboxylic acids is 1. The van der Waals surface area contributed by atoms with E-state index in [1.54, 1.807) is 0 Å². The van der Waals surface area contributed by atoms with Crippen molar-refractivity contribution in [2.24, 2.45) is 0 Å². The number of nitrogens with zero attached hydrogens (tertiary/aromatic N) is 1. The number of benzene rings is 1. The zero-order chi connectivity index (χ0) is 16.9. The molecule has 24 heavy (non-hydrogen) atoms. The fraction of sp³-hybridized carbons (Fsp3) is 0.278. The smallest absolute Gasteiger partial charge is 0.354 e. The summed E-state index contributed by atoms with van der Waals surface area (Å²) in [4.78, 5) is 26.9. The lowest BCUT2D eigenvalue weighted by Crippen LogP contribution is -2.27. The Morgan fingerprint density at radius 1 is 1.12 bits per heavy atom. The number of pyridine rings is 1. The molecule has 1 fully saturated rings. The van der Waals surface area contributed by atoms with E-state index in [1.165, 1.54) is 24.6 Å². The summed E-state index contributed by atoms with van der Waals surface area (Å²) >= 11 is 0. The van der Waals surface area contributed by atoms with Crippen molar-refractivity contribution >= 4 is 11.9 Å². The maximum atomic E-state index is 12.2. The van der Waals surface area contributed by atoms with E-state index in [0.29, 0.717) is 6.54 Å². The summed E-state index contributed by atoms with van der Waals surface area (Å²) in [5, 5.41) is 11.7. The van der Waals surface area contributed by atoms with Crippen molar-refractivity contribution in [1.82, 2.24) is 10.3 Å². The zero-order valence-electron chi connectivity index (χ0n) is 13.1. The largest absolute Gasteiger partial charge is 0.490 e. The fourth-order valence-corrected chi connectivity index (χ4v) is 2.38. The van der Waals surface area contributed by atoms with Crippen molar-refractivity contribution in [2.75, 3.05) is 0 Å². The van der Waals surface area contributed by atoms with Crippen LogP contribution in [-0.2, 0) is 6.54 Å². The quantitative estimate of drug-likeness (QED) is 0.852. The maximum absolute atomic E-state index is 12.2. The van der Waals surface area contributed by atoms with E-state index >= 15 is 0 Å². The minimum absolute atomic E-state index is 0.0762. The molecular weight excluding hydrogens is 308 g/mol. The molecule has 6 heteroatoms. The first-order valence-electron chi connectivity index (χ1n) is 7.86. The molecule has 0 unspecified atom stereocenters. The highest BCUT2D eigenvalue weighted by molar-refractivity contribution is 5.94. The third-order valence-electron chi connectivity index (χ3n) is 3.96. The summed E-state index contributed by atoms with van der Waals surface area (Å²) in [7, 11) is 0. The summed E-state index contributed by atoms with van der Waals surface area (Å²) in [6.45, 7) is 0.292. The molecule has 3 rings (SSSR count). The molecule has 0 bridgehead atoms. The summed E-state index contributed by atoms with van der Waals surface area (Å²) in [6.07, 6.45) is 3.57. The number of carbonyl (C=O) groups is 2. The Hall–Kier alpha value is -2.89. The molecule has 1 aliphatic carbocycles. The number of ether oxygens (including phenoxy) is 1. The van der Waals surface area contributed by atoms with Crippen LogP contribution >= 0.6 is 0 Å². The fourth-order valence-electron chi connectivity index (χ4n) is 2.38.